The van der Waals surface area contributed by atoms with Crippen molar-refractivity contribution in [3.63, 3.8) is 0 Å². The molecule has 0 aliphatic rings. The van der Waals surface area contributed by atoms with Gasteiger partial charge < -0.3 is 10.1 Å². The Morgan fingerprint density at radius 1 is 1.12 bits per heavy atom. The van der Waals surface area contributed by atoms with E-state index in [0.29, 0.717) is 5.69 Å². The number of carbonyl (C=O) groups is 2. The van der Waals surface area contributed by atoms with Gasteiger partial charge in [-0.1, -0.05) is 36.4 Å². The summed E-state index contributed by atoms with van der Waals surface area (Å²) in [6.07, 6.45) is 1.45. The van der Waals surface area contributed by atoms with Crippen molar-refractivity contribution in [1.29, 1.82) is 0 Å². The number of nitrogens with one attached hydrogen (secondary N) is 1. The Morgan fingerprint density at radius 3 is 2.69 bits per heavy atom. The first kappa shape index (κ1) is 17.6. The van der Waals surface area contributed by atoms with Crippen LogP contribution in [0, 0.1) is 0 Å². The summed E-state index contributed by atoms with van der Waals surface area (Å²) in [7, 11) is 0. The van der Waals surface area contributed by atoms with Gasteiger partial charge in [-0.3, -0.25) is 14.6 Å². The Hall–Kier alpha value is -3.21. The number of carbonyl (C=O) groups excluding carboxylic acids is 2. The minimum Gasteiger partial charge on any atom is -0.458 e. The van der Waals surface area contributed by atoms with Crippen LogP contribution >= 0.6 is 0 Å². The number of esters is 1. The van der Waals surface area contributed by atoms with E-state index < -0.39 is 6.10 Å². The van der Waals surface area contributed by atoms with E-state index in [-0.39, 0.29) is 18.3 Å². The van der Waals surface area contributed by atoms with Gasteiger partial charge in [0.15, 0.2) is 0 Å². The predicted molar refractivity (Wildman–Crippen MR) is 101 cm³/mol. The van der Waals surface area contributed by atoms with Gasteiger partial charge in [0, 0.05) is 24.2 Å². The highest BCUT2D eigenvalue weighted by Gasteiger charge is 2.14. The fourth-order valence-corrected chi connectivity index (χ4v) is 2.84. The van der Waals surface area contributed by atoms with E-state index in [1.54, 1.807) is 18.3 Å². The molecule has 26 heavy (non-hydrogen) atoms. The molecule has 1 atom stereocenters. The summed E-state index contributed by atoms with van der Waals surface area (Å²) in [5.74, 6) is -0.462. The lowest BCUT2D eigenvalue weighted by molar-refractivity contribution is -0.147. The number of ether oxygens (including phenoxy) is 1. The van der Waals surface area contributed by atoms with E-state index in [1.807, 2.05) is 49.4 Å². The number of benzene rings is 2. The highest BCUT2D eigenvalue weighted by Crippen LogP contribution is 2.22. The van der Waals surface area contributed by atoms with Gasteiger partial charge in [-0.2, -0.15) is 0 Å². The fraction of sp³-hybridized carbons (Fsp3) is 0.190. The van der Waals surface area contributed by atoms with Crippen molar-refractivity contribution < 1.29 is 14.3 Å². The maximum Gasteiger partial charge on any atom is 0.310 e. The molecule has 5 heteroatoms. The summed E-state index contributed by atoms with van der Waals surface area (Å²) in [5, 5.41) is 3.72. The smallest absolute Gasteiger partial charge is 0.310 e. The van der Waals surface area contributed by atoms with E-state index in [2.05, 4.69) is 10.3 Å². The Balaban J connectivity index is 1.70. The van der Waals surface area contributed by atoms with Gasteiger partial charge in [-0.05, 0) is 36.2 Å². The molecule has 3 rings (SSSR count). The number of hydrogen-bond acceptors (Lipinski definition) is 4. The zero-order chi connectivity index (χ0) is 18.5. The van der Waals surface area contributed by atoms with Crippen LogP contribution in [0.25, 0.3) is 10.9 Å². The maximum atomic E-state index is 12.4. The van der Waals surface area contributed by atoms with Crippen LogP contribution in [0.4, 0.5) is 5.69 Å². The van der Waals surface area contributed by atoms with E-state index in [0.717, 1.165) is 22.0 Å². The second kappa shape index (κ2) is 7.78. The van der Waals surface area contributed by atoms with E-state index in [4.69, 9.17) is 4.74 Å². The first-order valence-electron chi connectivity index (χ1n) is 8.42. The van der Waals surface area contributed by atoms with Crippen molar-refractivity contribution in [2.45, 2.75) is 26.4 Å². The molecule has 0 unspecified atom stereocenters. The molecule has 0 fully saturated rings. The third-order valence-electron chi connectivity index (χ3n) is 4.04. The molecular formula is C21H20N2O3. The van der Waals surface area contributed by atoms with Crippen LogP contribution in [-0.4, -0.2) is 16.9 Å². The summed E-state index contributed by atoms with van der Waals surface area (Å²) >= 11 is 0. The Labute approximate surface area is 152 Å². The molecular weight excluding hydrogens is 328 g/mol. The van der Waals surface area contributed by atoms with Crippen LogP contribution in [-0.2, 0) is 20.7 Å². The Kier molecular flexibility index (Phi) is 5.27. The Bertz CT molecular complexity index is 947. The molecule has 0 saturated heterocycles. The van der Waals surface area contributed by atoms with Crippen LogP contribution in [0.15, 0.2) is 60.8 Å². The second-order valence-corrected chi connectivity index (χ2v) is 6.11. The lowest BCUT2D eigenvalue weighted by Crippen LogP contribution is -2.12. The third kappa shape index (κ3) is 4.25. The van der Waals surface area contributed by atoms with E-state index >= 15 is 0 Å². The molecule has 1 amide bonds. The van der Waals surface area contributed by atoms with Gasteiger partial charge in [0.25, 0.3) is 0 Å². The zero-order valence-electron chi connectivity index (χ0n) is 14.7. The molecule has 2 aromatic carbocycles. The number of fused-ring (bicyclic) bond motifs is 1. The molecule has 3 aromatic rings. The number of hydrogen-bond donors (Lipinski definition) is 1. The molecule has 1 heterocycles. The summed E-state index contributed by atoms with van der Waals surface area (Å²) in [5.41, 5.74) is 3.15. The molecule has 132 valence electrons. The molecule has 0 aliphatic heterocycles. The minimum absolute atomic E-state index is 0.143. The van der Waals surface area contributed by atoms with Gasteiger partial charge in [0.1, 0.15) is 6.10 Å². The third-order valence-corrected chi connectivity index (χ3v) is 4.04. The lowest BCUT2D eigenvalue weighted by Gasteiger charge is -2.15. The molecule has 5 nitrogen and oxygen atoms in total. The second-order valence-electron chi connectivity index (χ2n) is 6.11. The van der Waals surface area contributed by atoms with Gasteiger partial charge >= 0.3 is 5.97 Å². The number of rotatable bonds is 5. The highest BCUT2D eigenvalue weighted by atomic mass is 16.5. The molecule has 0 radical (unpaired) electrons. The zero-order valence-corrected chi connectivity index (χ0v) is 14.7. The summed E-state index contributed by atoms with van der Waals surface area (Å²) < 4.78 is 5.57. The summed E-state index contributed by atoms with van der Waals surface area (Å²) in [4.78, 5) is 27.9. The summed E-state index contributed by atoms with van der Waals surface area (Å²) in [6.45, 7) is 3.26. The first-order chi connectivity index (χ1) is 12.5. The largest absolute Gasteiger partial charge is 0.458 e. The van der Waals surface area contributed by atoms with Gasteiger partial charge in [-0.15, -0.1) is 0 Å². The minimum atomic E-state index is -0.417. The number of amides is 1. The summed E-state index contributed by atoms with van der Waals surface area (Å²) in [6, 6.07) is 16.9. The molecule has 1 aromatic heterocycles. The number of pyridine rings is 1. The number of para-hydroxylation sites is 1. The highest BCUT2D eigenvalue weighted by molar-refractivity contribution is 5.88. The van der Waals surface area contributed by atoms with E-state index in [1.165, 1.54) is 6.92 Å². The number of anilines is 1. The van der Waals surface area contributed by atoms with Gasteiger partial charge in [-0.25, -0.2) is 0 Å². The molecule has 0 spiro atoms. The maximum absolute atomic E-state index is 12.4. The SMILES string of the molecule is CC(=O)Nc1cccc([C@@H](C)OC(=O)Cc2cccc3cccnc23)c1. The van der Waals surface area contributed by atoms with Crippen molar-refractivity contribution >= 4 is 28.5 Å². The first-order valence-corrected chi connectivity index (χ1v) is 8.42. The average molecular weight is 348 g/mol. The molecule has 1 N–H and O–H groups in total. The number of nitrogens with zero attached hydrogens (tertiary/aromatic N) is 1. The van der Waals surface area contributed by atoms with Crippen molar-refractivity contribution in [3.05, 3.63) is 71.9 Å². The van der Waals surface area contributed by atoms with E-state index in [9.17, 15) is 9.59 Å². The van der Waals surface area contributed by atoms with Crippen LogP contribution in [0.3, 0.4) is 0 Å². The average Bonchev–Trinajstić information content (AvgIpc) is 2.61. The van der Waals surface area contributed by atoms with Crippen molar-refractivity contribution in [2.75, 3.05) is 5.32 Å². The van der Waals surface area contributed by atoms with Crippen LogP contribution in [0.2, 0.25) is 0 Å². The predicted octanol–water partition coefficient (Wildman–Crippen LogP) is 4.04. The Morgan fingerprint density at radius 2 is 1.88 bits per heavy atom. The molecule has 0 aliphatic carbocycles. The van der Waals surface area contributed by atoms with Crippen molar-refractivity contribution in [1.82, 2.24) is 4.98 Å². The topological polar surface area (TPSA) is 68.3 Å². The lowest BCUT2D eigenvalue weighted by atomic mass is 10.1. The van der Waals surface area contributed by atoms with Crippen LogP contribution in [0.5, 0.6) is 0 Å². The molecule has 0 bridgehead atoms. The normalized spacial score (nSPS) is 11.8. The standard InChI is InChI=1S/C21H20N2O3/c1-14(17-7-4-10-19(12-17)23-15(2)24)26-20(25)13-18-8-3-6-16-9-5-11-22-21(16)18/h3-12,14H,13H2,1-2H3,(H,23,24)/t14-/m1/s1. The van der Waals surface area contributed by atoms with Crippen LogP contribution in [0.1, 0.15) is 31.1 Å². The quantitative estimate of drug-likeness (QED) is 0.707. The van der Waals surface area contributed by atoms with Crippen LogP contribution < -0.4 is 5.32 Å². The monoisotopic (exact) mass is 348 g/mol. The number of aromatic nitrogens is 1. The van der Waals surface area contributed by atoms with Gasteiger partial charge in [0.05, 0.1) is 11.9 Å². The van der Waals surface area contributed by atoms with Crippen molar-refractivity contribution in [3.8, 4) is 0 Å². The van der Waals surface area contributed by atoms with Crippen molar-refractivity contribution in [2.24, 2.45) is 0 Å². The van der Waals surface area contributed by atoms with Gasteiger partial charge in [0.2, 0.25) is 5.91 Å². The molecule has 0 saturated carbocycles. The fourth-order valence-electron chi connectivity index (χ4n) is 2.84.